The lowest BCUT2D eigenvalue weighted by molar-refractivity contribution is 0.0689. The van der Waals surface area contributed by atoms with Crippen molar-refractivity contribution in [3.05, 3.63) is 58.9 Å². The summed E-state index contributed by atoms with van der Waals surface area (Å²) in [6.45, 7) is 1.66. The van der Waals surface area contributed by atoms with Gasteiger partial charge in [-0.15, -0.1) is 0 Å². The van der Waals surface area contributed by atoms with E-state index in [-0.39, 0.29) is 11.5 Å². The van der Waals surface area contributed by atoms with E-state index in [1.165, 1.54) is 18.2 Å². The molecule has 0 saturated carbocycles. The zero-order valence-corrected chi connectivity index (χ0v) is 10.4. The number of aromatic nitrogens is 2. The molecule has 0 unspecified atom stereocenters. The lowest BCUT2D eigenvalue weighted by atomic mass is 10.1. The van der Waals surface area contributed by atoms with Crippen molar-refractivity contribution in [3.8, 4) is 0 Å². The largest absolute Gasteiger partial charge is 0.477 e. The Morgan fingerprint density at radius 3 is 2.53 bits per heavy atom. The topological polar surface area (TPSA) is 63.1 Å². The summed E-state index contributed by atoms with van der Waals surface area (Å²) in [6.07, 6.45) is 1.27. The predicted molar refractivity (Wildman–Crippen MR) is 67.5 cm³/mol. The van der Waals surface area contributed by atoms with Crippen LogP contribution in [0.15, 0.2) is 30.3 Å². The number of halogens is 1. The first-order valence-electron chi connectivity index (χ1n) is 5.87. The molecule has 2 rings (SSSR count). The van der Waals surface area contributed by atoms with Crippen LogP contribution in [0.25, 0.3) is 0 Å². The van der Waals surface area contributed by atoms with Gasteiger partial charge in [-0.05, 0) is 43.5 Å². The van der Waals surface area contributed by atoms with Gasteiger partial charge in [-0.2, -0.15) is 0 Å². The molecule has 0 amide bonds. The second kappa shape index (κ2) is 5.56. The quantitative estimate of drug-likeness (QED) is 0.916. The van der Waals surface area contributed by atoms with Gasteiger partial charge in [0, 0.05) is 5.69 Å². The van der Waals surface area contributed by atoms with Gasteiger partial charge in [-0.25, -0.2) is 19.2 Å². The second-order valence-corrected chi connectivity index (χ2v) is 4.22. The number of benzene rings is 1. The van der Waals surface area contributed by atoms with Crippen molar-refractivity contribution in [1.82, 2.24) is 9.97 Å². The molecule has 0 aliphatic carbocycles. The van der Waals surface area contributed by atoms with Crippen LogP contribution in [-0.4, -0.2) is 21.0 Å². The Morgan fingerprint density at radius 2 is 1.89 bits per heavy atom. The van der Waals surface area contributed by atoms with Crippen molar-refractivity contribution in [1.29, 1.82) is 0 Å². The number of hydrogen-bond acceptors (Lipinski definition) is 3. The Balaban J connectivity index is 2.11. The van der Waals surface area contributed by atoms with Crippen LogP contribution in [0.3, 0.4) is 0 Å². The Kier molecular flexibility index (Phi) is 3.85. The molecule has 0 bridgehead atoms. The standard InChI is InChI=1S/C14H13FN2O2/c1-9-16-12(8-13(17-9)14(18)19)7-4-10-2-5-11(15)6-3-10/h2-3,5-6,8H,4,7H2,1H3,(H,18,19). The Hall–Kier alpha value is -2.30. The molecule has 0 aliphatic rings. The van der Waals surface area contributed by atoms with Gasteiger partial charge in [0.05, 0.1) is 0 Å². The summed E-state index contributed by atoms with van der Waals surface area (Å²) in [4.78, 5) is 18.9. The van der Waals surface area contributed by atoms with Gasteiger partial charge in [-0.1, -0.05) is 12.1 Å². The molecule has 98 valence electrons. The van der Waals surface area contributed by atoms with E-state index in [1.807, 2.05) is 0 Å². The highest BCUT2D eigenvalue weighted by Gasteiger charge is 2.08. The molecule has 1 aromatic carbocycles. The molecule has 0 atom stereocenters. The monoisotopic (exact) mass is 260 g/mol. The van der Waals surface area contributed by atoms with Gasteiger partial charge >= 0.3 is 5.97 Å². The Morgan fingerprint density at radius 1 is 1.21 bits per heavy atom. The summed E-state index contributed by atoms with van der Waals surface area (Å²) in [5.41, 5.74) is 1.66. The Labute approximate surface area is 110 Å². The van der Waals surface area contributed by atoms with Crippen LogP contribution in [-0.2, 0) is 12.8 Å². The lowest BCUT2D eigenvalue weighted by Gasteiger charge is -2.04. The van der Waals surface area contributed by atoms with Crippen LogP contribution in [0, 0.1) is 12.7 Å². The van der Waals surface area contributed by atoms with Crippen LogP contribution in [0.4, 0.5) is 4.39 Å². The van der Waals surface area contributed by atoms with Gasteiger partial charge in [-0.3, -0.25) is 0 Å². The molecule has 1 N–H and O–H groups in total. The molecule has 0 spiro atoms. The molecule has 0 saturated heterocycles. The molecular weight excluding hydrogens is 247 g/mol. The maximum absolute atomic E-state index is 12.8. The average molecular weight is 260 g/mol. The number of nitrogens with zero attached hydrogens (tertiary/aromatic N) is 2. The summed E-state index contributed by atoms with van der Waals surface area (Å²) >= 11 is 0. The minimum atomic E-state index is -1.06. The molecule has 19 heavy (non-hydrogen) atoms. The van der Waals surface area contributed by atoms with E-state index in [9.17, 15) is 9.18 Å². The first-order chi connectivity index (χ1) is 9.04. The maximum Gasteiger partial charge on any atom is 0.354 e. The third-order valence-corrected chi connectivity index (χ3v) is 2.69. The van der Waals surface area contributed by atoms with E-state index in [2.05, 4.69) is 9.97 Å². The molecule has 4 nitrogen and oxygen atoms in total. The van der Waals surface area contributed by atoms with E-state index in [0.29, 0.717) is 24.4 Å². The zero-order valence-electron chi connectivity index (χ0n) is 10.4. The Bertz CT molecular complexity index is 597. The number of aryl methyl sites for hydroxylation is 3. The number of aromatic carboxylic acids is 1. The van der Waals surface area contributed by atoms with E-state index in [0.717, 1.165) is 5.56 Å². The number of hydrogen-bond donors (Lipinski definition) is 1. The summed E-state index contributed by atoms with van der Waals surface area (Å²) in [5, 5.41) is 8.92. The minimum Gasteiger partial charge on any atom is -0.477 e. The molecule has 1 aromatic heterocycles. The van der Waals surface area contributed by atoms with Gasteiger partial charge in [0.1, 0.15) is 11.6 Å². The average Bonchev–Trinajstić information content (AvgIpc) is 2.37. The van der Waals surface area contributed by atoms with E-state index < -0.39 is 5.97 Å². The van der Waals surface area contributed by atoms with Crippen LogP contribution < -0.4 is 0 Å². The van der Waals surface area contributed by atoms with Crippen molar-refractivity contribution >= 4 is 5.97 Å². The highest BCUT2D eigenvalue weighted by molar-refractivity contribution is 5.85. The van der Waals surface area contributed by atoms with Gasteiger partial charge in [0.25, 0.3) is 0 Å². The molecule has 0 radical (unpaired) electrons. The first-order valence-corrected chi connectivity index (χ1v) is 5.87. The number of carbonyl (C=O) groups is 1. The minimum absolute atomic E-state index is 0.00149. The highest BCUT2D eigenvalue weighted by atomic mass is 19.1. The molecule has 0 fully saturated rings. The van der Waals surface area contributed by atoms with Crippen LogP contribution in [0.2, 0.25) is 0 Å². The van der Waals surface area contributed by atoms with Crippen molar-refractivity contribution in [3.63, 3.8) is 0 Å². The zero-order chi connectivity index (χ0) is 13.8. The molecular formula is C14H13FN2O2. The van der Waals surface area contributed by atoms with Crippen molar-refractivity contribution in [2.24, 2.45) is 0 Å². The van der Waals surface area contributed by atoms with E-state index >= 15 is 0 Å². The molecule has 2 aromatic rings. The van der Waals surface area contributed by atoms with Crippen molar-refractivity contribution in [2.45, 2.75) is 19.8 Å². The summed E-state index contributed by atoms with van der Waals surface area (Å²) in [5.74, 6) is -0.891. The van der Waals surface area contributed by atoms with E-state index in [4.69, 9.17) is 5.11 Å². The molecule has 5 heteroatoms. The van der Waals surface area contributed by atoms with Crippen molar-refractivity contribution < 1.29 is 14.3 Å². The van der Waals surface area contributed by atoms with E-state index in [1.54, 1.807) is 19.1 Å². The fourth-order valence-electron chi connectivity index (χ4n) is 1.79. The van der Waals surface area contributed by atoms with Gasteiger partial charge in [0.15, 0.2) is 5.69 Å². The van der Waals surface area contributed by atoms with Crippen LogP contribution in [0.5, 0.6) is 0 Å². The summed E-state index contributed by atoms with van der Waals surface area (Å²) in [7, 11) is 0. The number of carboxylic acid groups (broad SMARTS) is 1. The third kappa shape index (κ3) is 3.58. The molecule has 1 heterocycles. The molecule has 0 aliphatic heterocycles. The second-order valence-electron chi connectivity index (χ2n) is 4.22. The number of carboxylic acids is 1. The lowest BCUT2D eigenvalue weighted by Crippen LogP contribution is -2.06. The van der Waals surface area contributed by atoms with Crippen LogP contribution in [0.1, 0.15) is 27.6 Å². The first kappa shape index (κ1) is 13.1. The normalized spacial score (nSPS) is 10.4. The highest BCUT2D eigenvalue weighted by Crippen LogP contribution is 2.08. The van der Waals surface area contributed by atoms with Crippen molar-refractivity contribution in [2.75, 3.05) is 0 Å². The smallest absolute Gasteiger partial charge is 0.354 e. The summed E-state index contributed by atoms with van der Waals surface area (Å²) in [6, 6.07) is 7.70. The maximum atomic E-state index is 12.8. The summed E-state index contributed by atoms with van der Waals surface area (Å²) < 4.78 is 12.8. The predicted octanol–water partition coefficient (Wildman–Crippen LogP) is 2.41. The SMILES string of the molecule is Cc1nc(CCc2ccc(F)cc2)cc(C(=O)O)n1. The van der Waals surface area contributed by atoms with Gasteiger partial charge in [0.2, 0.25) is 0 Å². The fraction of sp³-hybridized carbons (Fsp3) is 0.214. The fourth-order valence-corrected chi connectivity index (χ4v) is 1.79. The number of rotatable bonds is 4. The van der Waals surface area contributed by atoms with Gasteiger partial charge < -0.3 is 5.11 Å². The van der Waals surface area contributed by atoms with Crippen LogP contribution >= 0.6 is 0 Å². The third-order valence-electron chi connectivity index (χ3n) is 2.69.